The average molecular weight is 371 g/mol. The van der Waals surface area contributed by atoms with Crippen molar-refractivity contribution in [2.75, 3.05) is 39.3 Å². The van der Waals surface area contributed by atoms with Crippen LogP contribution in [0.5, 0.6) is 0 Å². The second-order valence-corrected chi connectivity index (χ2v) is 13.2. The standard InChI is InChI=1S/C23H50N2O/c1-20(2,3)15-24(16-21(4,5)6)13-19(26)14-25(17-22(7,8)9)18-23(10,11)12/h19,26H,13-18H2,1-12H3. The van der Waals surface area contributed by atoms with E-state index in [2.05, 4.69) is 92.9 Å². The van der Waals surface area contributed by atoms with Crippen molar-refractivity contribution in [3.63, 3.8) is 0 Å². The Bertz CT molecular complexity index is 320. The highest BCUT2D eigenvalue weighted by Gasteiger charge is 2.27. The Labute approximate surface area is 165 Å². The van der Waals surface area contributed by atoms with Crippen molar-refractivity contribution in [1.82, 2.24) is 9.80 Å². The third-order valence-electron chi connectivity index (χ3n) is 3.73. The van der Waals surface area contributed by atoms with Crippen LogP contribution in [0.1, 0.15) is 83.1 Å². The predicted molar refractivity (Wildman–Crippen MR) is 117 cm³/mol. The fraction of sp³-hybridized carbons (Fsp3) is 1.00. The Hall–Kier alpha value is -0.120. The first-order valence-electron chi connectivity index (χ1n) is 10.4. The molecule has 0 heterocycles. The lowest BCUT2D eigenvalue weighted by Gasteiger charge is -2.39. The summed E-state index contributed by atoms with van der Waals surface area (Å²) in [6, 6.07) is 0. The van der Waals surface area contributed by atoms with Gasteiger partial charge in [-0.05, 0) is 21.7 Å². The van der Waals surface area contributed by atoms with E-state index >= 15 is 0 Å². The van der Waals surface area contributed by atoms with E-state index in [1.165, 1.54) is 0 Å². The molecule has 1 N–H and O–H groups in total. The van der Waals surface area contributed by atoms with Crippen molar-refractivity contribution < 1.29 is 5.11 Å². The fourth-order valence-electron chi connectivity index (χ4n) is 3.71. The van der Waals surface area contributed by atoms with Gasteiger partial charge in [0, 0.05) is 39.3 Å². The molecule has 0 saturated heterocycles. The van der Waals surface area contributed by atoms with E-state index in [-0.39, 0.29) is 27.8 Å². The maximum Gasteiger partial charge on any atom is 0.0793 e. The predicted octanol–water partition coefficient (Wildman–Crippen LogP) is 5.14. The summed E-state index contributed by atoms with van der Waals surface area (Å²) in [6.45, 7) is 32.9. The van der Waals surface area contributed by atoms with Gasteiger partial charge in [-0.2, -0.15) is 0 Å². The molecule has 0 rings (SSSR count). The van der Waals surface area contributed by atoms with E-state index in [1.54, 1.807) is 0 Å². The molecule has 0 spiro atoms. The monoisotopic (exact) mass is 370 g/mol. The van der Waals surface area contributed by atoms with Gasteiger partial charge in [0.05, 0.1) is 6.10 Å². The zero-order valence-electron chi connectivity index (χ0n) is 20.2. The van der Waals surface area contributed by atoms with E-state index < -0.39 is 0 Å². The van der Waals surface area contributed by atoms with Gasteiger partial charge in [0.15, 0.2) is 0 Å². The van der Waals surface area contributed by atoms with Crippen molar-refractivity contribution in [1.29, 1.82) is 0 Å². The van der Waals surface area contributed by atoms with E-state index in [1.807, 2.05) is 0 Å². The highest BCUT2D eigenvalue weighted by molar-refractivity contribution is 4.81. The maximum absolute atomic E-state index is 10.9. The van der Waals surface area contributed by atoms with Gasteiger partial charge in [0.25, 0.3) is 0 Å². The lowest BCUT2D eigenvalue weighted by Crippen LogP contribution is -2.48. The number of hydrogen-bond donors (Lipinski definition) is 1. The molecule has 0 fully saturated rings. The normalized spacial score (nSPS) is 14.8. The molecule has 0 aliphatic carbocycles. The van der Waals surface area contributed by atoms with Crippen molar-refractivity contribution >= 4 is 0 Å². The lowest BCUT2D eigenvalue weighted by molar-refractivity contribution is 0.0311. The summed E-state index contributed by atoms with van der Waals surface area (Å²) in [4.78, 5) is 4.91. The first kappa shape index (κ1) is 25.9. The SMILES string of the molecule is CC(C)(C)CN(CC(O)CN(CC(C)(C)C)CC(C)(C)C)CC(C)(C)C. The summed E-state index contributed by atoms with van der Waals surface area (Å²) in [5, 5.41) is 10.9. The third-order valence-corrected chi connectivity index (χ3v) is 3.73. The molecule has 158 valence electrons. The van der Waals surface area contributed by atoms with E-state index in [4.69, 9.17) is 0 Å². The van der Waals surface area contributed by atoms with Crippen LogP contribution in [0.3, 0.4) is 0 Å². The van der Waals surface area contributed by atoms with Crippen LogP contribution in [0.25, 0.3) is 0 Å². The molecule has 0 saturated carbocycles. The molecule has 3 nitrogen and oxygen atoms in total. The molecule has 0 bridgehead atoms. The largest absolute Gasteiger partial charge is 0.390 e. The summed E-state index contributed by atoms with van der Waals surface area (Å²) >= 11 is 0. The highest BCUT2D eigenvalue weighted by atomic mass is 16.3. The minimum absolute atomic E-state index is 0.238. The first-order chi connectivity index (χ1) is 11.3. The molecule has 0 radical (unpaired) electrons. The van der Waals surface area contributed by atoms with Crippen LogP contribution in [-0.4, -0.2) is 60.3 Å². The Morgan fingerprint density at radius 1 is 0.500 bits per heavy atom. The van der Waals surface area contributed by atoms with Crippen LogP contribution in [-0.2, 0) is 0 Å². The minimum Gasteiger partial charge on any atom is -0.390 e. The van der Waals surface area contributed by atoms with Gasteiger partial charge < -0.3 is 5.11 Å². The maximum atomic E-state index is 10.9. The third kappa shape index (κ3) is 16.1. The summed E-state index contributed by atoms with van der Waals surface area (Å²) in [6.07, 6.45) is -0.315. The van der Waals surface area contributed by atoms with E-state index in [0.29, 0.717) is 0 Å². The molecule has 0 aromatic carbocycles. The van der Waals surface area contributed by atoms with Crippen molar-refractivity contribution in [2.24, 2.45) is 21.7 Å². The molecule has 26 heavy (non-hydrogen) atoms. The van der Waals surface area contributed by atoms with Gasteiger partial charge in [-0.1, -0.05) is 83.1 Å². The molecule has 0 atom stereocenters. The second-order valence-electron chi connectivity index (χ2n) is 13.2. The van der Waals surface area contributed by atoms with Gasteiger partial charge in [-0.3, -0.25) is 9.80 Å². The Kier molecular flexibility index (Phi) is 9.34. The molecule has 0 aromatic rings. The molecule has 0 amide bonds. The van der Waals surface area contributed by atoms with Crippen LogP contribution in [0, 0.1) is 21.7 Å². The van der Waals surface area contributed by atoms with Crippen molar-refractivity contribution in [3.8, 4) is 0 Å². The molecular formula is C23H50N2O. The van der Waals surface area contributed by atoms with E-state index in [9.17, 15) is 5.11 Å². The summed E-state index contributed by atoms with van der Waals surface area (Å²) in [5.74, 6) is 0. The quantitative estimate of drug-likeness (QED) is 0.641. The molecule has 3 heteroatoms. The van der Waals surface area contributed by atoms with Crippen LogP contribution in [0.2, 0.25) is 0 Å². The van der Waals surface area contributed by atoms with Crippen molar-refractivity contribution in [2.45, 2.75) is 89.2 Å². The van der Waals surface area contributed by atoms with Gasteiger partial charge in [-0.15, -0.1) is 0 Å². The smallest absolute Gasteiger partial charge is 0.0793 e. The lowest BCUT2D eigenvalue weighted by atomic mass is 9.91. The summed E-state index contributed by atoms with van der Waals surface area (Å²) in [7, 11) is 0. The molecular weight excluding hydrogens is 320 g/mol. The second kappa shape index (κ2) is 9.39. The fourth-order valence-corrected chi connectivity index (χ4v) is 3.71. The average Bonchev–Trinajstić information content (AvgIpc) is 2.16. The number of rotatable bonds is 8. The van der Waals surface area contributed by atoms with Crippen molar-refractivity contribution in [3.05, 3.63) is 0 Å². The number of aliphatic hydroxyl groups excluding tert-OH is 1. The summed E-state index contributed by atoms with van der Waals surface area (Å²) in [5.41, 5.74) is 0.950. The Balaban J connectivity index is 5.02. The zero-order valence-corrected chi connectivity index (χ0v) is 20.2. The molecule has 0 aliphatic heterocycles. The van der Waals surface area contributed by atoms with E-state index in [0.717, 1.165) is 39.3 Å². The first-order valence-corrected chi connectivity index (χ1v) is 10.4. The van der Waals surface area contributed by atoms with Crippen LogP contribution in [0.4, 0.5) is 0 Å². The van der Waals surface area contributed by atoms with Gasteiger partial charge in [0.2, 0.25) is 0 Å². The summed E-state index contributed by atoms with van der Waals surface area (Å²) < 4.78 is 0. The molecule has 0 unspecified atom stereocenters. The van der Waals surface area contributed by atoms with Crippen LogP contribution >= 0.6 is 0 Å². The van der Waals surface area contributed by atoms with Crippen LogP contribution in [0.15, 0.2) is 0 Å². The zero-order chi connectivity index (χ0) is 21.0. The van der Waals surface area contributed by atoms with Gasteiger partial charge in [0.1, 0.15) is 0 Å². The number of aliphatic hydroxyl groups is 1. The Morgan fingerprint density at radius 2 is 0.692 bits per heavy atom. The highest BCUT2D eigenvalue weighted by Crippen LogP contribution is 2.23. The molecule has 0 aliphatic rings. The minimum atomic E-state index is -0.315. The molecule has 0 aromatic heterocycles. The van der Waals surface area contributed by atoms with Crippen LogP contribution < -0.4 is 0 Å². The number of nitrogens with zero attached hydrogens (tertiary/aromatic N) is 2. The Morgan fingerprint density at radius 3 is 0.846 bits per heavy atom. The van der Waals surface area contributed by atoms with Gasteiger partial charge >= 0.3 is 0 Å². The topological polar surface area (TPSA) is 26.7 Å². The van der Waals surface area contributed by atoms with Gasteiger partial charge in [-0.25, -0.2) is 0 Å². The number of hydrogen-bond acceptors (Lipinski definition) is 3.